The Kier molecular flexibility index (Phi) is 5.07. The van der Waals surface area contributed by atoms with E-state index in [0.29, 0.717) is 6.42 Å². The number of pyridine rings is 1. The van der Waals surface area contributed by atoms with E-state index < -0.39 is 0 Å². The number of amides is 1. The lowest BCUT2D eigenvalue weighted by Crippen LogP contribution is -2.24. The van der Waals surface area contributed by atoms with Crippen LogP contribution in [0.2, 0.25) is 0 Å². The monoisotopic (exact) mass is 457 g/mol. The van der Waals surface area contributed by atoms with Crippen LogP contribution in [0, 0.1) is 6.92 Å². The van der Waals surface area contributed by atoms with Crippen LogP contribution in [0.4, 0.5) is 0 Å². The average Bonchev–Trinajstić information content (AvgIpc) is 3.33. The Balaban J connectivity index is 1.53. The summed E-state index contributed by atoms with van der Waals surface area (Å²) < 4.78 is 0. The van der Waals surface area contributed by atoms with Crippen LogP contribution >= 0.6 is 0 Å². The first-order valence-corrected chi connectivity index (χ1v) is 11.6. The molecule has 0 N–H and O–H groups in total. The zero-order valence-corrected chi connectivity index (χ0v) is 19.5. The van der Waals surface area contributed by atoms with Crippen molar-refractivity contribution in [3.05, 3.63) is 102 Å². The summed E-state index contributed by atoms with van der Waals surface area (Å²) >= 11 is 0. The fourth-order valence-electron chi connectivity index (χ4n) is 4.99. The third kappa shape index (κ3) is 3.64. The number of carbonyl (C=O) groups is 1. The lowest BCUT2D eigenvalue weighted by Gasteiger charge is -2.20. The van der Waals surface area contributed by atoms with Gasteiger partial charge >= 0.3 is 0 Å². The highest BCUT2D eigenvalue weighted by atomic mass is 16.2. The van der Waals surface area contributed by atoms with Gasteiger partial charge in [0.05, 0.1) is 28.3 Å². The first-order valence-electron chi connectivity index (χ1n) is 11.6. The molecule has 6 heteroatoms. The minimum atomic E-state index is -0.219. The van der Waals surface area contributed by atoms with Crippen LogP contribution in [0.3, 0.4) is 0 Å². The van der Waals surface area contributed by atoms with Crippen molar-refractivity contribution in [3.63, 3.8) is 0 Å². The second-order valence-electron chi connectivity index (χ2n) is 8.77. The zero-order chi connectivity index (χ0) is 23.9. The quantitative estimate of drug-likeness (QED) is 0.341. The number of hydrogen-bond acceptors (Lipinski definition) is 5. The van der Waals surface area contributed by atoms with Crippen molar-refractivity contribution in [2.45, 2.75) is 26.3 Å². The van der Waals surface area contributed by atoms with Crippen LogP contribution in [0.1, 0.15) is 36.2 Å². The molecule has 6 rings (SSSR count). The van der Waals surface area contributed by atoms with Crippen molar-refractivity contribution in [2.24, 2.45) is 5.10 Å². The Morgan fingerprint density at radius 1 is 0.857 bits per heavy atom. The number of aryl methyl sites for hydroxylation is 1. The molecule has 3 heterocycles. The molecule has 5 aromatic rings. The van der Waals surface area contributed by atoms with Gasteiger partial charge in [0.25, 0.3) is 0 Å². The standard InChI is InChI=1S/C29H23N5O/c1-18-28(29(20-8-4-3-5-9-20)22-10-6-7-11-23(22)32-18)26-17-27(34(33-26)19(2)35)21-12-13-24-25(16-21)31-15-14-30-24/h3-16,27H,17H2,1-2H3/t27-/m1/s1. The second kappa shape index (κ2) is 8.40. The molecule has 35 heavy (non-hydrogen) atoms. The number of aromatic nitrogens is 3. The maximum Gasteiger partial charge on any atom is 0.240 e. The molecule has 3 aromatic carbocycles. The number of fused-ring (bicyclic) bond motifs is 2. The molecule has 0 fully saturated rings. The van der Waals surface area contributed by atoms with Crippen LogP contribution in [0.25, 0.3) is 33.1 Å². The van der Waals surface area contributed by atoms with Gasteiger partial charge in [-0.05, 0) is 36.2 Å². The first kappa shape index (κ1) is 21.1. The highest BCUT2D eigenvalue weighted by Crippen LogP contribution is 2.39. The van der Waals surface area contributed by atoms with Crippen molar-refractivity contribution in [1.82, 2.24) is 20.0 Å². The third-order valence-electron chi connectivity index (χ3n) is 6.54. The number of hydrogen-bond donors (Lipinski definition) is 0. The van der Waals surface area contributed by atoms with E-state index in [1.54, 1.807) is 24.3 Å². The third-order valence-corrected chi connectivity index (χ3v) is 6.54. The number of para-hydroxylation sites is 1. The molecule has 6 nitrogen and oxygen atoms in total. The largest absolute Gasteiger partial charge is 0.273 e. The summed E-state index contributed by atoms with van der Waals surface area (Å²) in [6.07, 6.45) is 3.95. The van der Waals surface area contributed by atoms with Crippen molar-refractivity contribution in [2.75, 3.05) is 0 Å². The Morgan fingerprint density at radius 2 is 1.60 bits per heavy atom. The maximum atomic E-state index is 12.7. The zero-order valence-electron chi connectivity index (χ0n) is 19.5. The van der Waals surface area contributed by atoms with E-state index in [1.165, 1.54) is 0 Å². The van der Waals surface area contributed by atoms with Gasteiger partial charge in [-0.15, -0.1) is 0 Å². The Bertz CT molecular complexity index is 1630. The first-order chi connectivity index (χ1) is 17.1. The predicted octanol–water partition coefficient (Wildman–Crippen LogP) is 5.85. The van der Waals surface area contributed by atoms with Gasteiger partial charge < -0.3 is 0 Å². The molecule has 1 amide bonds. The van der Waals surface area contributed by atoms with E-state index in [0.717, 1.165) is 55.6 Å². The number of carbonyl (C=O) groups excluding carboxylic acids is 1. The summed E-state index contributed by atoms with van der Waals surface area (Å²) in [5.74, 6) is -0.100. The molecule has 0 saturated carbocycles. The van der Waals surface area contributed by atoms with E-state index in [2.05, 4.69) is 28.2 Å². The van der Waals surface area contributed by atoms with Gasteiger partial charge in [-0.25, -0.2) is 5.01 Å². The number of hydrazone groups is 1. The molecule has 1 aliphatic rings. The average molecular weight is 458 g/mol. The summed E-state index contributed by atoms with van der Waals surface area (Å²) in [4.78, 5) is 26.4. The van der Waals surface area contributed by atoms with Gasteiger partial charge in [0, 0.05) is 47.9 Å². The minimum Gasteiger partial charge on any atom is -0.273 e. The highest BCUT2D eigenvalue weighted by molar-refractivity contribution is 6.14. The molecular weight excluding hydrogens is 434 g/mol. The summed E-state index contributed by atoms with van der Waals surface area (Å²) in [6, 6.07) is 24.3. The van der Waals surface area contributed by atoms with Crippen molar-refractivity contribution < 1.29 is 4.79 Å². The fraction of sp³-hybridized carbons (Fsp3) is 0.138. The molecule has 0 spiro atoms. The molecule has 1 aliphatic heterocycles. The second-order valence-corrected chi connectivity index (χ2v) is 8.77. The number of rotatable bonds is 3. The molecule has 0 bridgehead atoms. The van der Waals surface area contributed by atoms with Crippen molar-refractivity contribution >= 4 is 33.6 Å². The van der Waals surface area contributed by atoms with Gasteiger partial charge in [-0.3, -0.25) is 19.7 Å². The van der Waals surface area contributed by atoms with Crippen LogP contribution < -0.4 is 0 Å². The number of nitrogens with zero attached hydrogens (tertiary/aromatic N) is 5. The molecule has 0 radical (unpaired) electrons. The smallest absolute Gasteiger partial charge is 0.240 e. The van der Waals surface area contributed by atoms with Crippen LogP contribution in [0.15, 0.2) is 90.3 Å². The van der Waals surface area contributed by atoms with E-state index >= 15 is 0 Å². The topological polar surface area (TPSA) is 71.3 Å². The summed E-state index contributed by atoms with van der Waals surface area (Å²) in [5, 5.41) is 7.54. The van der Waals surface area contributed by atoms with E-state index in [-0.39, 0.29) is 11.9 Å². The predicted molar refractivity (Wildman–Crippen MR) is 138 cm³/mol. The summed E-state index contributed by atoms with van der Waals surface area (Å²) in [6.45, 7) is 3.58. The van der Waals surface area contributed by atoms with Gasteiger partial charge in [-0.1, -0.05) is 54.6 Å². The lowest BCUT2D eigenvalue weighted by atomic mass is 9.89. The lowest BCUT2D eigenvalue weighted by molar-refractivity contribution is -0.130. The van der Waals surface area contributed by atoms with E-state index in [9.17, 15) is 4.79 Å². The van der Waals surface area contributed by atoms with Crippen molar-refractivity contribution in [3.8, 4) is 11.1 Å². The summed E-state index contributed by atoms with van der Waals surface area (Å²) in [5.41, 5.74) is 8.50. The molecule has 1 atom stereocenters. The SMILES string of the molecule is CC(=O)N1N=C(c2c(C)nc3ccccc3c2-c2ccccc2)C[C@@H]1c1ccc2nccnc2c1. The molecule has 0 unspecified atom stereocenters. The molecule has 170 valence electrons. The molecular formula is C29H23N5O. The highest BCUT2D eigenvalue weighted by Gasteiger charge is 2.34. The van der Waals surface area contributed by atoms with E-state index in [4.69, 9.17) is 10.1 Å². The molecule has 2 aromatic heterocycles. The van der Waals surface area contributed by atoms with Crippen molar-refractivity contribution in [1.29, 1.82) is 0 Å². The number of benzene rings is 3. The van der Waals surface area contributed by atoms with Crippen LogP contribution in [-0.4, -0.2) is 31.6 Å². The normalized spacial score (nSPS) is 15.5. The summed E-state index contributed by atoms with van der Waals surface area (Å²) in [7, 11) is 0. The van der Waals surface area contributed by atoms with Gasteiger partial charge in [0.15, 0.2) is 0 Å². The van der Waals surface area contributed by atoms with Crippen LogP contribution in [0.5, 0.6) is 0 Å². The van der Waals surface area contributed by atoms with Gasteiger partial charge in [-0.2, -0.15) is 5.10 Å². The maximum absolute atomic E-state index is 12.7. The van der Waals surface area contributed by atoms with E-state index in [1.807, 2.05) is 61.5 Å². The van der Waals surface area contributed by atoms with Gasteiger partial charge in [0.2, 0.25) is 5.91 Å². The Hall–Kier alpha value is -4.45. The van der Waals surface area contributed by atoms with Crippen LogP contribution in [-0.2, 0) is 4.79 Å². The molecule has 0 aliphatic carbocycles. The molecule has 0 saturated heterocycles. The van der Waals surface area contributed by atoms with Gasteiger partial charge in [0.1, 0.15) is 0 Å². The fourth-order valence-corrected chi connectivity index (χ4v) is 4.99. The Morgan fingerprint density at radius 3 is 2.40 bits per heavy atom. The Labute approximate surface area is 203 Å². The minimum absolute atomic E-state index is 0.100.